The van der Waals surface area contributed by atoms with Crippen molar-refractivity contribution in [2.75, 3.05) is 20.2 Å². The Balaban J connectivity index is 1.58. The van der Waals surface area contributed by atoms with Gasteiger partial charge in [-0.15, -0.1) is 0 Å². The fourth-order valence-corrected chi connectivity index (χ4v) is 4.25. The van der Waals surface area contributed by atoms with Crippen LogP contribution in [0.2, 0.25) is 0 Å². The maximum absolute atomic E-state index is 13.3. The fraction of sp³-hybridized carbons (Fsp3) is 0.269. The van der Waals surface area contributed by atoms with Gasteiger partial charge in [0, 0.05) is 43.5 Å². The van der Waals surface area contributed by atoms with E-state index in [0.717, 1.165) is 22.4 Å². The zero-order valence-electron chi connectivity index (χ0n) is 18.3. The molecule has 6 heteroatoms. The molecule has 0 bridgehead atoms. The number of hydrogen-bond donors (Lipinski definition) is 1. The van der Waals surface area contributed by atoms with Crippen LogP contribution in [0.1, 0.15) is 33.0 Å². The zero-order valence-corrected chi connectivity index (χ0v) is 18.3. The first-order valence-electron chi connectivity index (χ1n) is 10.7. The zero-order chi connectivity index (χ0) is 22.5. The number of benzene rings is 2. The normalized spacial score (nSPS) is 17.8. The predicted octanol–water partition coefficient (Wildman–Crippen LogP) is 3.57. The second-order valence-electron chi connectivity index (χ2n) is 8.09. The summed E-state index contributed by atoms with van der Waals surface area (Å²) in [5.74, 6) is 0.153. The highest BCUT2D eigenvalue weighted by atomic mass is 16.5. The van der Waals surface area contributed by atoms with E-state index >= 15 is 0 Å². The van der Waals surface area contributed by atoms with Crippen molar-refractivity contribution < 1.29 is 14.3 Å². The number of aryl methyl sites for hydroxylation is 1. The molecule has 1 aromatic heterocycles. The van der Waals surface area contributed by atoms with Crippen LogP contribution in [0.3, 0.4) is 0 Å². The van der Waals surface area contributed by atoms with Crippen molar-refractivity contribution in [3.63, 3.8) is 0 Å². The molecule has 0 aliphatic carbocycles. The van der Waals surface area contributed by atoms with Crippen molar-refractivity contribution in [1.29, 1.82) is 0 Å². The molecule has 0 saturated carbocycles. The van der Waals surface area contributed by atoms with Gasteiger partial charge in [0.05, 0.1) is 13.0 Å². The monoisotopic (exact) mass is 429 g/mol. The Kier molecular flexibility index (Phi) is 6.50. The lowest BCUT2D eigenvalue weighted by molar-refractivity contribution is -0.125. The molecular weight excluding hydrogens is 402 g/mol. The third kappa shape index (κ3) is 4.64. The van der Waals surface area contributed by atoms with Crippen LogP contribution in [-0.4, -0.2) is 41.9 Å². The fourth-order valence-electron chi connectivity index (χ4n) is 4.25. The lowest BCUT2D eigenvalue weighted by Gasteiger charge is -2.18. The summed E-state index contributed by atoms with van der Waals surface area (Å²) in [5.41, 5.74) is 3.53. The van der Waals surface area contributed by atoms with Crippen LogP contribution in [0, 0.1) is 12.8 Å². The SMILES string of the molecule is COc1cccc(C2CN(C(=O)c3ccccc3C)CC2C(=O)NCc2cccnc2)c1. The van der Waals surface area contributed by atoms with Crippen LogP contribution in [0.5, 0.6) is 5.75 Å². The van der Waals surface area contributed by atoms with Crippen LogP contribution in [0.4, 0.5) is 0 Å². The summed E-state index contributed by atoms with van der Waals surface area (Å²) in [4.78, 5) is 32.4. The lowest BCUT2D eigenvalue weighted by atomic mass is 9.88. The molecule has 4 rings (SSSR count). The number of ether oxygens (including phenoxy) is 1. The number of aromatic nitrogens is 1. The van der Waals surface area contributed by atoms with E-state index in [9.17, 15) is 9.59 Å². The van der Waals surface area contributed by atoms with Crippen LogP contribution in [0.15, 0.2) is 73.1 Å². The Morgan fingerprint density at radius 3 is 2.69 bits per heavy atom. The summed E-state index contributed by atoms with van der Waals surface area (Å²) in [6, 6.07) is 19.1. The molecule has 0 radical (unpaired) electrons. The molecule has 0 spiro atoms. The van der Waals surface area contributed by atoms with Crippen molar-refractivity contribution in [2.24, 2.45) is 5.92 Å². The molecule has 1 fully saturated rings. The van der Waals surface area contributed by atoms with Crippen molar-refractivity contribution in [1.82, 2.24) is 15.2 Å². The standard InChI is InChI=1S/C26H27N3O3/c1-18-7-3-4-11-22(18)26(31)29-16-23(20-9-5-10-21(13-20)32-2)24(17-29)25(30)28-15-19-8-6-12-27-14-19/h3-14,23-24H,15-17H2,1-2H3,(H,28,30). The molecule has 1 aliphatic heterocycles. The van der Waals surface area contributed by atoms with Gasteiger partial charge in [-0.05, 0) is 47.9 Å². The molecule has 2 unspecified atom stereocenters. The summed E-state index contributed by atoms with van der Waals surface area (Å²) in [5, 5.41) is 3.03. The molecule has 3 aromatic rings. The van der Waals surface area contributed by atoms with E-state index < -0.39 is 0 Å². The van der Waals surface area contributed by atoms with Gasteiger partial charge in [0.15, 0.2) is 0 Å². The highest BCUT2D eigenvalue weighted by molar-refractivity contribution is 5.96. The minimum Gasteiger partial charge on any atom is -0.497 e. The Morgan fingerprint density at radius 2 is 1.94 bits per heavy atom. The second-order valence-corrected chi connectivity index (χ2v) is 8.09. The van der Waals surface area contributed by atoms with Gasteiger partial charge in [-0.3, -0.25) is 14.6 Å². The first-order chi connectivity index (χ1) is 15.6. The maximum atomic E-state index is 13.3. The van der Waals surface area contributed by atoms with Crippen molar-refractivity contribution in [3.8, 4) is 5.75 Å². The molecular formula is C26H27N3O3. The van der Waals surface area contributed by atoms with Crippen LogP contribution < -0.4 is 10.1 Å². The summed E-state index contributed by atoms with van der Waals surface area (Å²) in [6.07, 6.45) is 3.44. The van der Waals surface area contributed by atoms with Crippen molar-refractivity contribution >= 4 is 11.8 Å². The lowest BCUT2D eigenvalue weighted by Crippen LogP contribution is -2.35. The van der Waals surface area contributed by atoms with Gasteiger partial charge in [0.2, 0.25) is 5.91 Å². The third-order valence-corrected chi connectivity index (χ3v) is 6.03. The number of amides is 2. The highest BCUT2D eigenvalue weighted by Gasteiger charge is 2.40. The number of carbonyl (C=O) groups excluding carboxylic acids is 2. The first-order valence-corrected chi connectivity index (χ1v) is 10.7. The Hall–Kier alpha value is -3.67. The highest BCUT2D eigenvalue weighted by Crippen LogP contribution is 2.35. The smallest absolute Gasteiger partial charge is 0.254 e. The average Bonchev–Trinajstić information content (AvgIpc) is 3.29. The number of pyridine rings is 1. The number of nitrogens with one attached hydrogen (secondary N) is 1. The number of rotatable bonds is 6. The van der Waals surface area contributed by atoms with Gasteiger partial charge < -0.3 is 15.0 Å². The predicted molar refractivity (Wildman–Crippen MR) is 122 cm³/mol. The van der Waals surface area contributed by atoms with Gasteiger partial charge in [-0.2, -0.15) is 0 Å². The van der Waals surface area contributed by atoms with E-state index in [1.54, 1.807) is 24.4 Å². The molecule has 2 aromatic carbocycles. The Bertz CT molecular complexity index is 1100. The summed E-state index contributed by atoms with van der Waals surface area (Å²) < 4.78 is 5.39. The summed E-state index contributed by atoms with van der Waals surface area (Å²) in [7, 11) is 1.62. The van der Waals surface area contributed by atoms with E-state index in [0.29, 0.717) is 25.2 Å². The van der Waals surface area contributed by atoms with Gasteiger partial charge >= 0.3 is 0 Å². The van der Waals surface area contributed by atoms with Crippen LogP contribution >= 0.6 is 0 Å². The quantitative estimate of drug-likeness (QED) is 0.650. The minimum atomic E-state index is -0.355. The molecule has 2 heterocycles. The second kappa shape index (κ2) is 9.64. The third-order valence-electron chi connectivity index (χ3n) is 6.03. The Morgan fingerprint density at radius 1 is 1.09 bits per heavy atom. The average molecular weight is 430 g/mol. The molecule has 6 nitrogen and oxygen atoms in total. The molecule has 1 saturated heterocycles. The van der Waals surface area contributed by atoms with E-state index in [1.807, 2.05) is 67.6 Å². The molecule has 164 valence electrons. The molecule has 1 aliphatic rings. The van der Waals surface area contributed by atoms with E-state index in [4.69, 9.17) is 4.74 Å². The molecule has 2 amide bonds. The van der Waals surface area contributed by atoms with E-state index in [-0.39, 0.29) is 23.7 Å². The number of methoxy groups -OCH3 is 1. The summed E-state index contributed by atoms with van der Waals surface area (Å²) >= 11 is 0. The molecule has 2 atom stereocenters. The van der Waals surface area contributed by atoms with Gasteiger partial charge in [-0.25, -0.2) is 0 Å². The van der Waals surface area contributed by atoms with Crippen molar-refractivity contribution in [2.45, 2.75) is 19.4 Å². The Labute approximate surface area is 188 Å². The first kappa shape index (κ1) is 21.6. The van der Waals surface area contributed by atoms with E-state index in [1.165, 1.54) is 0 Å². The number of carbonyl (C=O) groups is 2. The largest absolute Gasteiger partial charge is 0.497 e. The minimum absolute atomic E-state index is 0.0430. The molecule has 32 heavy (non-hydrogen) atoms. The number of hydrogen-bond acceptors (Lipinski definition) is 4. The number of nitrogens with zero attached hydrogens (tertiary/aromatic N) is 2. The summed E-state index contributed by atoms with van der Waals surface area (Å²) in [6.45, 7) is 3.18. The molecule has 1 N–H and O–H groups in total. The van der Waals surface area contributed by atoms with Crippen LogP contribution in [0.25, 0.3) is 0 Å². The van der Waals surface area contributed by atoms with E-state index in [2.05, 4.69) is 10.3 Å². The van der Waals surface area contributed by atoms with Gasteiger partial charge in [0.25, 0.3) is 5.91 Å². The topological polar surface area (TPSA) is 71.5 Å². The maximum Gasteiger partial charge on any atom is 0.254 e. The van der Waals surface area contributed by atoms with Gasteiger partial charge in [0.1, 0.15) is 5.75 Å². The van der Waals surface area contributed by atoms with Gasteiger partial charge in [-0.1, -0.05) is 36.4 Å². The van der Waals surface area contributed by atoms with Crippen molar-refractivity contribution in [3.05, 3.63) is 95.3 Å². The van der Waals surface area contributed by atoms with Crippen LogP contribution in [-0.2, 0) is 11.3 Å². The number of likely N-dealkylation sites (tertiary alicyclic amines) is 1.